The van der Waals surface area contributed by atoms with E-state index in [4.69, 9.17) is 4.74 Å². The molecule has 1 aromatic rings. The number of carbonyl (C=O) groups excluding carboxylic acids is 1. The molecule has 0 N–H and O–H groups in total. The standard InChI is InChI=1S/C17H25N3O2/c1-19(15-7-12-22-13-8-15)14-5-10-20(11-6-14)17(21)16-4-2-3-9-18-16/h2-4,9,14-15H,5-8,10-13H2,1H3. The molecule has 3 rings (SSSR count). The first-order chi connectivity index (χ1) is 10.8. The molecule has 3 heterocycles. The van der Waals surface area contributed by atoms with Crippen LogP contribution < -0.4 is 0 Å². The van der Waals surface area contributed by atoms with Crippen molar-refractivity contribution in [2.24, 2.45) is 0 Å². The minimum atomic E-state index is 0.0627. The minimum absolute atomic E-state index is 0.0627. The van der Waals surface area contributed by atoms with Gasteiger partial charge >= 0.3 is 0 Å². The highest BCUT2D eigenvalue weighted by atomic mass is 16.5. The van der Waals surface area contributed by atoms with Crippen LogP contribution in [-0.2, 0) is 4.74 Å². The highest BCUT2D eigenvalue weighted by Crippen LogP contribution is 2.22. The van der Waals surface area contributed by atoms with Crippen LogP contribution in [0.4, 0.5) is 0 Å². The van der Waals surface area contributed by atoms with Gasteiger partial charge in [-0.2, -0.15) is 0 Å². The van der Waals surface area contributed by atoms with Gasteiger partial charge in [0.1, 0.15) is 5.69 Å². The van der Waals surface area contributed by atoms with Gasteiger partial charge in [0.2, 0.25) is 0 Å². The van der Waals surface area contributed by atoms with Gasteiger partial charge in [0.25, 0.3) is 5.91 Å². The summed E-state index contributed by atoms with van der Waals surface area (Å²) in [5.41, 5.74) is 0.554. The van der Waals surface area contributed by atoms with Crippen LogP contribution in [0.2, 0.25) is 0 Å². The van der Waals surface area contributed by atoms with Crippen LogP contribution in [0, 0.1) is 0 Å². The molecule has 2 aliphatic rings. The Labute approximate surface area is 132 Å². The van der Waals surface area contributed by atoms with Crippen molar-refractivity contribution in [1.82, 2.24) is 14.8 Å². The van der Waals surface area contributed by atoms with Crippen molar-refractivity contribution in [3.05, 3.63) is 30.1 Å². The van der Waals surface area contributed by atoms with Crippen molar-refractivity contribution in [3.63, 3.8) is 0 Å². The highest BCUT2D eigenvalue weighted by molar-refractivity contribution is 5.92. The third-order valence-corrected chi connectivity index (χ3v) is 4.98. The van der Waals surface area contributed by atoms with Crippen LogP contribution in [0.25, 0.3) is 0 Å². The molecular weight excluding hydrogens is 278 g/mol. The van der Waals surface area contributed by atoms with Gasteiger partial charge in [-0.3, -0.25) is 9.78 Å². The number of pyridine rings is 1. The Morgan fingerprint density at radius 3 is 2.50 bits per heavy atom. The van der Waals surface area contributed by atoms with Crippen LogP contribution in [-0.4, -0.2) is 66.1 Å². The summed E-state index contributed by atoms with van der Waals surface area (Å²) in [7, 11) is 2.23. The first-order valence-electron chi connectivity index (χ1n) is 8.25. The molecule has 1 amide bonds. The van der Waals surface area contributed by atoms with Crippen LogP contribution in [0.15, 0.2) is 24.4 Å². The summed E-state index contributed by atoms with van der Waals surface area (Å²) < 4.78 is 5.45. The molecule has 0 unspecified atom stereocenters. The first kappa shape index (κ1) is 15.4. The number of hydrogen-bond donors (Lipinski definition) is 0. The molecule has 0 aromatic carbocycles. The zero-order valence-corrected chi connectivity index (χ0v) is 13.3. The zero-order valence-electron chi connectivity index (χ0n) is 13.3. The van der Waals surface area contributed by atoms with Crippen molar-refractivity contribution >= 4 is 5.91 Å². The Morgan fingerprint density at radius 1 is 1.18 bits per heavy atom. The van der Waals surface area contributed by atoms with Gasteiger partial charge in [0.05, 0.1) is 0 Å². The predicted octanol–water partition coefficient (Wildman–Crippen LogP) is 1.80. The number of rotatable bonds is 3. The van der Waals surface area contributed by atoms with E-state index in [9.17, 15) is 4.79 Å². The molecule has 0 saturated carbocycles. The largest absolute Gasteiger partial charge is 0.381 e. The van der Waals surface area contributed by atoms with Gasteiger partial charge in [-0.05, 0) is 44.9 Å². The Kier molecular flexibility index (Phi) is 5.05. The summed E-state index contributed by atoms with van der Waals surface area (Å²) in [6, 6.07) is 6.72. The van der Waals surface area contributed by atoms with Gasteiger partial charge in [-0.25, -0.2) is 0 Å². The third-order valence-electron chi connectivity index (χ3n) is 4.98. The Bertz CT molecular complexity index is 480. The molecule has 5 nitrogen and oxygen atoms in total. The molecule has 5 heteroatoms. The lowest BCUT2D eigenvalue weighted by Gasteiger charge is -2.41. The van der Waals surface area contributed by atoms with Crippen LogP contribution in [0.1, 0.15) is 36.2 Å². The smallest absolute Gasteiger partial charge is 0.272 e. The number of likely N-dealkylation sites (tertiary alicyclic amines) is 1. The van der Waals surface area contributed by atoms with Crippen molar-refractivity contribution in [3.8, 4) is 0 Å². The quantitative estimate of drug-likeness (QED) is 0.854. The van der Waals surface area contributed by atoms with Gasteiger partial charge in [-0.15, -0.1) is 0 Å². The molecule has 0 radical (unpaired) electrons. The second-order valence-electron chi connectivity index (χ2n) is 6.25. The maximum Gasteiger partial charge on any atom is 0.272 e. The second-order valence-corrected chi connectivity index (χ2v) is 6.25. The number of amides is 1. The molecule has 2 saturated heterocycles. The summed E-state index contributed by atoms with van der Waals surface area (Å²) in [6.07, 6.45) is 6.03. The summed E-state index contributed by atoms with van der Waals surface area (Å²) in [5, 5.41) is 0. The summed E-state index contributed by atoms with van der Waals surface area (Å²) >= 11 is 0. The Balaban J connectivity index is 1.52. The van der Waals surface area contributed by atoms with Crippen LogP contribution >= 0.6 is 0 Å². The molecule has 120 valence electrons. The monoisotopic (exact) mass is 303 g/mol. The summed E-state index contributed by atoms with van der Waals surface area (Å²) in [6.45, 7) is 3.42. The second kappa shape index (κ2) is 7.20. The highest BCUT2D eigenvalue weighted by Gasteiger charge is 2.30. The normalized spacial score (nSPS) is 21.3. The number of ether oxygens (including phenoxy) is 1. The topological polar surface area (TPSA) is 45.7 Å². The van der Waals surface area contributed by atoms with E-state index in [-0.39, 0.29) is 5.91 Å². The van der Waals surface area contributed by atoms with Crippen LogP contribution in [0.3, 0.4) is 0 Å². The SMILES string of the molecule is CN(C1CCOCC1)C1CCN(C(=O)c2ccccn2)CC1. The fourth-order valence-corrected chi connectivity index (χ4v) is 3.52. The van der Waals surface area contributed by atoms with Gasteiger partial charge in [-0.1, -0.05) is 6.07 Å². The average molecular weight is 303 g/mol. The predicted molar refractivity (Wildman–Crippen MR) is 84.8 cm³/mol. The molecule has 0 spiro atoms. The third kappa shape index (κ3) is 3.47. The summed E-state index contributed by atoms with van der Waals surface area (Å²) in [4.78, 5) is 21.0. The molecular formula is C17H25N3O2. The maximum absolute atomic E-state index is 12.4. The first-order valence-corrected chi connectivity index (χ1v) is 8.25. The number of carbonyl (C=O) groups is 1. The van der Waals surface area contributed by atoms with E-state index in [2.05, 4.69) is 16.9 Å². The number of aromatic nitrogens is 1. The summed E-state index contributed by atoms with van der Waals surface area (Å²) in [5.74, 6) is 0.0627. The molecule has 1 aromatic heterocycles. The molecule has 0 atom stereocenters. The van der Waals surface area contributed by atoms with Gasteiger partial charge in [0, 0.05) is 44.6 Å². The zero-order chi connectivity index (χ0) is 15.4. The van der Waals surface area contributed by atoms with Gasteiger partial charge in [0.15, 0.2) is 0 Å². The molecule has 0 bridgehead atoms. The maximum atomic E-state index is 12.4. The molecule has 0 aliphatic carbocycles. The fourth-order valence-electron chi connectivity index (χ4n) is 3.52. The van der Waals surface area contributed by atoms with Gasteiger partial charge < -0.3 is 14.5 Å². The van der Waals surface area contributed by atoms with E-state index >= 15 is 0 Å². The van der Waals surface area contributed by atoms with Crippen molar-refractivity contribution in [2.45, 2.75) is 37.8 Å². The van der Waals surface area contributed by atoms with E-state index < -0.39 is 0 Å². The minimum Gasteiger partial charge on any atom is -0.381 e. The molecule has 2 aliphatic heterocycles. The molecule has 22 heavy (non-hydrogen) atoms. The molecule has 2 fully saturated rings. The van der Waals surface area contributed by atoms with Crippen molar-refractivity contribution in [1.29, 1.82) is 0 Å². The van der Waals surface area contributed by atoms with E-state index in [1.54, 1.807) is 12.3 Å². The lowest BCUT2D eigenvalue weighted by Crippen LogP contribution is -2.49. The van der Waals surface area contributed by atoms with Crippen molar-refractivity contribution in [2.75, 3.05) is 33.4 Å². The fraction of sp³-hybridized carbons (Fsp3) is 0.647. The van der Waals surface area contributed by atoms with Crippen LogP contribution in [0.5, 0.6) is 0 Å². The number of nitrogens with zero attached hydrogens (tertiary/aromatic N) is 3. The number of piperidine rings is 1. The van der Waals surface area contributed by atoms with E-state index in [0.29, 0.717) is 17.8 Å². The Hall–Kier alpha value is -1.46. The van der Waals surface area contributed by atoms with Crippen molar-refractivity contribution < 1.29 is 9.53 Å². The lowest BCUT2D eigenvalue weighted by molar-refractivity contribution is 0.0151. The van der Waals surface area contributed by atoms with E-state index in [1.165, 1.54) is 0 Å². The van der Waals surface area contributed by atoms with E-state index in [0.717, 1.165) is 52.0 Å². The lowest BCUT2D eigenvalue weighted by atomic mass is 9.98. The number of hydrogen-bond acceptors (Lipinski definition) is 4. The van der Waals surface area contributed by atoms with E-state index in [1.807, 2.05) is 17.0 Å². The average Bonchev–Trinajstić information content (AvgIpc) is 2.62. The Morgan fingerprint density at radius 2 is 1.86 bits per heavy atom.